The number of carbonyl (C=O) groups is 1. The summed E-state index contributed by atoms with van der Waals surface area (Å²) in [5, 5.41) is 19.5. The minimum Gasteiger partial charge on any atom is -0.512 e. The second-order valence-electron chi connectivity index (χ2n) is 10.1. The molecule has 0 aliphatic carbocycles. The van der Waals surface area contributed by atoms with Crippen LogP contribution in [0.4, 0.5) is 0 Å². The van der Waals surface area contributed by atoms with Gasteiger partial charge < -0.3 is 14.5 Å². The van der Waals surface area contributed by atoms with E-state index in [1.165, 1.54) is 49.0 Å². The zero-order valence-corrected chi connectivity index (χ0v) is 26.4. The Hall–Kier alpha value is -2.79. The Morgan fingerprint density at radius 3 is 2.36 bits per heavy atom. The van der Waals surface area contributed by atoms with Gasteiger partial charge in [-0.05, 0) is 54.1 Å². The molecule has 6 aromatic rings. The Balaban J connectivity index is 0.000000196. The van der Waals surface area contributed by atoms with Crippen molar-refractivity contribution < 1.29 is 30.0 Å². The monoisotopic (exact) mass is 716 g/mol. The van der Waals surface area contributed by atoms with Gasteiger partial charge in [-0.25, -0.2) is 0 Å². The van der Waals surface area contributed by atoms with E-state index in [-0.39, 0.29) is 43.5 Å². The number of aliphatic hydroxyl groups excluding tert-OH is 1. The number of aryl methyl sites for hydroxylation is 1. The Morgan fingerprint density at radius 2 is 1.67 bits per heavy atom. The number of aromatic nitrogens is 2. The van der Waals surface area contributed by atoms with Crippen LogP contribution >= 0.6 is 11.3 Å². The van der Waals surface area contributed by atoms with Gasteiger partial charge in [0.05, 0.1) is 5.76 Å². The minimum absolute atomic E-state index is 0. The molecule has 6 heteroatoms. The van der Waals surface area contributed by atoms with E-state index in [1.54, 1.807) is 11.3 Å². The number of benzene rings is 2. The Morgan fingerprint density at radius 1 is 0.974 bits per heavy atom. The van der Waals surface area contributed by atoms with Crippen molar-refractivity contribution in [3.05, 3.63) is 70.8 Å². The van der Waals surface area contributed by atoms with Gasteiger partial charge in [0.1, 0.15) is 0 Å². The molecular formula is C33H35IrN2O2S-. The van der Waals surface area contributed by atoms with Crippen molar-refractivity contribution in [1.29, 1.82) is 0 Å². The molecule has 0 saturated carbocycles. The number of fused-ring (bicyclic) bond motifs is 6. The standard InChI is InChI=1S/C20H11N2S.C13H24O2.Ir/c1-11-19-15(10-23-11)18-17-12(8-9-21-18)6-7-14-13-4-2-3-5-16(13)22(19)20(14)17;1-5-10(6-2)12(14)9-13(15)11(7-3)8-4;/h2-9H,1H3;9-11,14H,5-8H2,1-4H3;/q-1;;/b;12-9-;. The van der Waals surface area contributed by atoms with Crippen LogP contribution in [0, 0.1) is 24.1 Å². The fraction of sp³-hybridized carbons (Fsp3) is 0.333. The van der Waals surface area contributed by atoms with Crippen LogP contribution < -0.4 is 0 Å². The quantitative estimate of drug-likeness (QED) is 0.102. The molecule has 0 atom stereocenters. The third-order valence-corrected chi connectivity index (χ3v) is 8.79. The zero-order chi connectivity index (χ0) is 27.0. The molecule has 1 N–H and O–H groups in total. The third kappa shape index (κ3) is 4.99. The van der Waals surface area contributed by atoms with E-state index in [9.17, 15) is 9.90 Å². The number of para-hydroxylation sites is 1. The van der Waals surface area contributed by atoms with Gasteiger partial charge in [0, 0.05) is 66.0 Å². The van der Waals surface area contributed by atoms with Crippen LogP contribution in [-0.4, -0.2) is 20.3 Å². The molecule has 1 radical (unpaired) electrons. The van der Waals surface area contributed by atoms with Crippen molar-refractivity contribution >= 4 is 66.1 Å². The zero-order valence-electron chi connectivity index (χ0n) is 23.2. The molecular weight excluding hydrogens is 681 g/mol. The molecule has 0 unspecified atom stereocenters. The SMILES string of the molecule is CCC(CC)C(=O)/C=C(\O)C(CC)CC.Cc1s[c-]c2c3nccc4ccc5c6ccccc6n(c12)c5c43.[Ir]. The van der Waals surface area contributed by atoms with E-state index >= 15 is 0 Å². The van der Waals surface area contributed by atoms with E-state index in [2.05, 4.69) is 59.2 Å². The van der Waals surface area contributed by atoms with E-state index in [0.29, 0.717) is 0 Å². The van der Waals surface area contributed by atoms with Crippen LogP contribution in [0.3, 0.4) is 0 Å². The van der Waals surface area contributed by atoms with Gasteiger partial charge in [-0.1, -0.05) is 86.1 Å². The molecule has 205 valence electrons. The molecule has 0 aliphatic heterocycles. The van der Waals surface area contributed by atoms with Crippen LogP contribution in [0.2, 0.25) is 0 Å². The Labute approximate surface area is 247 Å². The fourth-order valence-electron chi connectivity index (χ4n) is 5.75. The number of carbonyl (C=O) groups excluding carboxylic acids is 1. The molecule has 0 aliphatic rings. The molecule has 0 bridgehead atoms. The van der Waals surface area contributed by atoms with Crippen molar-refractivity contribution in [2.45, 2.75) is 60.3 Å². The van der Waals surface area contributed by atoms with Gasteiger partial charge in [-0.2, -0.15) is 0 Å². The van der Waals surface area contributed by atoms with Crippen molar-refractivity contribution in [2.75, 3.05) is 0 Å². The number of thiophene rings is 1. The number of ketones is 1. The first kappa shape index (κ1) is 29.2. The molecule has 0 saturated heterocycles. The number of rotatable bonds is 7. The van der Waals surface area contributed by atoms with Gasteiger partial charge in [0.25, 0.3) is 0 Å². The molecule has 6 rings (SSSR count). The van der Waals surface area contributed by atoms with Crippen LogP contribution in [0.1, 0.15) is 58.3 Å². The summed E-state index contributed by atoms with van der Waals surface area (Å²) in [7, 11) is 0. The number of nitrogens with zero attached hydrogens (tertiary/aromatic N) is 2. The average molecular weight is 716 g/mol. The maximum atomic E-state index is 11.7. The molecule has 4 nitrogen and oxygen atoms in total. The van der Waals surface area contributed by atoms with Crippen LogP contribution in [-0.2, 0) is 24.9 Å². The summed E-state index contributed by atoms with van der Waals surface area (Å²) in [6.45, 7) is 10.2. The summed E-state index contributed by atoms with van der Waals surface area (Å²) < 4.78 is 2.42. The van der Waals surface area contributed by atoms with Crippen LogP contribution in [0.5, 0.6) is 0 Å². The second kappa shape index (κ2) is 12.2. The first-order chi connectivity index (χ1) is 18.4. The van der Waals surface area contributed by atoms with Crippen molar-refractivity contribution in [2.24, 2.45) is 11.8 Å². The largest absolute Gasteiger partial charge is 0.512 e. The second-order valence-corrected chi connectivity index (χ2v) is 11.1. The molecule has 39 heavy (non-hydrogen) atoms. The molecule has 0 fully saturated rings. The Bertz CT molecular complexity index is 1770. The molecule has 0 amide bonds. The topological polar surface area (TPSA) is 54.6 Å². The number of allylic oxidation sites excluding steroid dienone is 2. The molecule has 0 spiro atoms. The van der Waals surface area contributed by atoms with E-state index in [1.807, 2.05) is 33.9 Å². The van der Waals surface area contributed by atoms with Crippen molar-refractivity contribution in [3.8, 4) is 0 Å². The maximum absolute atomic E-state index is 11.7. The van der Waals surface area contributed by atoms with Crippen molar-refractivity contribution in [1.82, 2.24) is 9.38 Å². The molecule has 4 aromatic heterocycles. The summed E-state index contributed by atoms with van der Waals surface area (Å²) in [6.07, 6.45) is 6.82. The number of aliphatic hydroxyl groups is 1. The number of hydrogen-bond donors (Lipinski definition) is 1. The summed E-state index contributed by atoms with van der Waals surface area (Å²) in [5.74, 6) is 0.547. The van der Waals surface area contributed by atoms with Gasteiger partial charge in [-0.15, -0.1) is 0 Å². The maximum Gasteiger partial charge on any atom is 0.162 e. The van der Waals surface area contributed by atoms with Gasteiger partial charge >= 0.3 is 0 Å². The predicted molar refractivity (Wildman–Crippen MR) is 162 cm³/mol. The smallest absolute Gasteiger partial charge is 0.162 e. The normalized spacial score (nSPS) is 12.2. The molecule has 2 aromatic carbocycles. The van der Waals surface area contributed by atoms with Gasteiger partial charge in [-0.3, -0.25) is 16.1 Å². The summed E-state index contributed by atoms with van der Waals surface area (Å²) in [6, 6.07) is 15.2. The minimum atomic E-state index is 0. The number of pyridine rings is 2. The summed E-state index contributed by atoms with van der Waals surface area (Å²) in [5.41, 5.74) is 4.87. The molecule has 4 heterocycles. The third-order valence-electron chi connectivity index (χ3n) is 7.98. The van der Waals surface area contributed by atoms with Gasteiger partial charge in [0.15, 0.2) is 5.78 Å². The van der Waals surface area contributed by atoms with E-state index in [0.717, 1.165) is 36.6 Å². The van der Waals surface area contributed by atoms with Crippen LogP contribution in [0.25, 0.3) is 49.0 Å². The first-order valence-electron chi connectivity index (χ1n) is 13.7. The van der Waals surface area contributed by atoms with E-state index in [4.69, 9.17) is 4.98 Å². The first-order valence-corrected chi connectivity index (χ1v) is 14.5. The fourth-order valence-corrected chi connectivity index (χ4v) is 6.49. The average Bonchev–Trinajstić information content (AvgIpc) is 3.48. The summed E-state index contributed by atoms with van der Waals surface area (Å²) >= 11 is 1.69. The number of hydrogen-bond acceptors (Lipinski definition) is 4. The van der Waals surface area contributed by atoms with Crippen molar-refractivity contribution in [3.63, 3.8) is 0 Å². The Kier molecular flexibility index (Phi) is 9.10. The van der Waals surface area contributed by atoms with E-state index < -0.39 is 0 Å². The predicted octanol–water partition coefficient (Wildman–Crippen LogP) is 9.42. The van der Waals surface area contributed by atoms with Gasteiger partial charge in [0.2, 0.25) is 0 Å². The summed E-state index contributed by atoms with van der Waals surface area (Å²) in [4.78, 5) is 17.7. The van der Waals surface area contributed by atoms with Crippen LogP contribution in [0.15, 0.2) is 60.5 Å².